The highest BCUT2D eigenvalue weighted by atomic mass is 16.5. The van der Waals surface area contributed by atoms with E-state index in [1.165, 1.54) is 18.5 Å². The Bertz CT molecular complexity index is 1010. The highest BCUT2D eigenvalue weighted by Crippen LogP contribution is 2.24. The summed E-state index contributed by atoms with van der Waals surface area (Å²) in [6.07, 6.45) is 2.58. The molecule has 0 saturated carbocycles. The molecule has 1 atom stereocenters. The van der Waals surface area contributed by atoms with Gasteiger partial charge in [0.15, 0.2) is 0 Å². The van der Waals surface area contributed by atoms with Crippen molar-refractivity contribution in [3.63, 3.8) is 0 Å². The number of ether oxygens (including phenoxy) is 1. The molecule has 5 heteroatoms. The number of piperidine rings is 1. The van der Waals surface area contributed by atoms with Crippen LogP contribution in [0.25, 0.3) is 10.9 Å². The van der Waals surface area contributed by atoms with Gasteiger partial charge < -0.3 is 19.9 Å². The van der Waals surface area contributed by atoms with Gasteiger partial charge in [-0.1, -0.05) is 6.92 Å². The lowest BCUT2D eigenvalue weighted by molar-refractivity contribution is 0.415. The van der Waals surface area contributed by atoms with Gasteiger partial charge in [0.05, 0.1) is 12.6 Å². The molecule has 1 aromatic heterocycles. The average molecular weight is 377 g/mol. The van der Waals surface area contributed by atoms with E-state index in [-0.39, 0.29) is 5.56 Å². The van der Waals surface area contributed by atoms with Gasteiger partial charge >= 0.3 is 0 Å². The molecule has 1 saturated heterocycles. The van der Waals surface area contributed by atoms with Gasteiger partial charge in [0, 0.05) is 42.6 Å². The summed E-state index contributed by atoms with van der Waals surface area (Å²) in [5.74, 6) is 1.49. The number of hydrogen-bond acceptors (Lipinski definition) is 4. The molecule has 4 rings (SSSR count). The maximum atomic E-state index is 12.4. The summed E-state index contributed by atoms with van der Waals surface area (Å²) in [7, 11) is 1.62. The molecule has 1 fully saturated rings. The Morgan fingerprint density at radius 3 is 2.75 bits per heavy atom. The van der Waals surface area contributed by atoms with Crippen LogP contribution in [-0.4, -0.2) is 25.2 Å². The second kappa shape index (κ2) is 7.97. The number of nitrogens with one attached hydrogen (secondary N) is 2. The maximum Gasteiger partial charge on any atom is 0.253 e. The summed E-state index contributed by atoms with van der Waals surface area (Å²) in [5.41, 5.74) is 3.71. The van der Waals surface area contributed by atoms with Crippen molar-refractivity contribution in [1.82, 2.24) is 4.98 Å². The van der Waals surface area contributed by atoms with Crippen LogP contribution in [0, 0.1) is 5.92 Å². The Morgan fingerprint density at radius 2 is 2.00 bits per heavy atom. The number of rotatable bonds is 5. The summed E-state index contributed by atoms with van der Waals surface area (Å²) in [6, 6.07) is 16.1. The third-order valence-electron chi connectivity index (χ3n) is 5.50. The van der Waals surface area contributed by atoms with Crippen LogP contribution in [0.5, 0.6) is 5.75 Å². The van der Waals surface area contributed by atoms with Crippen molar-refractivity contribution >= 4 is 22.3 Å². The maximum absolute atomic E-state index is 12.4. The number of aromatic nitrogens is 1. The van der Waals surface area contributed by atoms with Crippen LogP contribution in [-0.2, 0) is 6.54 Å². The van der Waals surface area contributed by atoms with E-state index in [0.717, 1.165) is 41.3 Å². The van der Waals surface area contributed by atoms with Crippen molar-refractivity contribution in [1.29, 1.82) is 0 Å². The molecule has 146 valence electrons. The van der Waals surface area contributed by atoms with E-state index in [1.54, 1.807) is 7.11 Å². The third kappa shape index (κ3) is 3.98. The van der Waals surface area contributed by atoms with E-state index in [1.807, 2.05) is 24.3 Å². The molecule has 0 aliphatic carbocycles. The molecule has 0 amide bonds. The fourth-order valence-electron chi connectivity index (χ4n) is 3.89. The van der Waals surface area contributed by atoms with E-state index in [2.05, 4.69) is 46.4 Å². The van der Waals surface area contributed by atoms with E-state index < -0.39 is 0 Å². The van der Waals surface area contributed by atoms with Gasteiger partial charge in [-0.05, 0) is 66.6 Å². The monoisotopic (exact) mass is 377 g/mol. The van der Waals surface area contributed by atoms with Crippen molar-refractivity contribution in [2.75, 3.05) is 30.4 Å². The number of pyridine rings is 1. The minimum Gasteiger partial charge on any atom is -0.497 e. The largest absolute Gasteiger partial charge is 0.497 e. The normalized spacial score (nSPS) is 16.9. The van der Waals surface area contributed by atoms with Crippen LogP contribution >= 0.6 is 0 Å². The van der Waals surface area contributed by atoms with Crippen LogP contribution in [0.3, 0.4) is 0 Å². The molecule has 2 aromatic carbocycles. The first-order chi connectivity index (χ1) is 13.6. The van der Waals surface area contributed by atoms with Crippen LogP contribution < -0.4 is 20.5 Å². The minimum absolute atomic E-state index is 0.0767. The predicted octanol–water partition coefficient (Wildman–Crippen LogP) is 4.39. The van der Waals surface area contributed by atoms with Crippen LogP contribution in [0.4, 0.5) is 11.4 Å². The Hall–Kier alpha value is -2.95. The van der Waals surface area contributed by atoms with E-state index in [0.29, 0.717) is 12.1 Å². The molecule has 3 aromatic rings. The summed E-state index contributed by atoms with van der Waals surface area (Å²) in [5, 5.41) is 4.36. The SMILES string of the molecule is COc1ccc2cc(CNc3ccc(N4CCC[C@H](C)C4)cc3)c(=O)[nH]c2c1. The van der Waals surface area contributed by atoms with Gasteiger partial charge in [0.1, 0.15) is 5.75 Å². The molecular weight excluding hydrogens is 350 g/mol. The first kappa shape index (κ1) is 18.4. The minimum atomic E-state index is -0.0767. The molecule has 2 N–H and O–H groups in total. The zero-order valence-corrected chi connectivity index (χ0v) is 16.5. The number of methoxy groups -OCH3 is 1. The van der Waals surface area contributed by atoms with Crippen molar-refractivity contribution in [3.8, 4) is 5.75 Å². The highest BCUT2D eigenvalue weighted by molar-refractivity contribution is 5.80. The van der Waals surface area contributed by atoms with Crippen molar-refractivity contribution in [2.24, 2.45) is 5.92 Å². The fourth-order valence-corrected chi connectivity index (χ4v) is 3.89. The zero-order valence-electron chi connectivity index (χ0n) is 16.5. The summed E-state index contributed by atoms with van der Waals surface area (Å²) in [6.45, 7) is 5.06. The number of anilines is 2. The molecule has 1 aliphatic heterocycles. The van der Waals surface area contributed by atoms with Crippen LogP contribution in [0.2, 0.25) is 0 Å². The summed E-state index contributed by atoms with van der Waals surface area (Å²) >= 11 is 0. The number of fused-ring (bicyclic) bond motifs is 1. The van der Waals surface area contributed by atoms with Gasteiger partial charge in [0.25, 0.3) is 5.56 Å². The van der Waals surface area contributed by atoms with Gasteiger partial charge in [-0.15, -0.1) is 0 Å². The topological polar surface area (TPSA) is 57.4 Å². The number of nitrogens with zero attached hydrogens (tertiary/aromatic N) is 1. The van der Waals surface area contributed by atoms with Crippen molar-refractivity contribution in [2.45, 2.75) is 26.3 Å². The van der Waals surface area contributed by atoms with E-state index >= 15 is 0 Å². The van der Waals surface area contributed by atoms with Gasteiger partial charge in [0.2, 0.25) is 0 Å². The van der Waals surface area contributed by atoms with Gasteiger partial charge in [-0.3, -0.25) is 4.79 Å². The van der Waals surface area contributed by atoms with E-state index in [4.69, 9.17) is 4.74 Å². The summed E-state index contributed by atoms with van der Waals surface area (Å²) < 4.78 is 5.22. The lowest BCUT2D eigenvalue weighted by Gasteiger charge is -2.32. The van der Waals surface area contributed by atoms with Gasteiger partial charge in [-0.25, -0.2) is 0 Å². The third-order valence-corrected chi connectivity index (χ3v) is 5.50. The lowest BCUT2D eigenvalue weighted by Crippen LogP contribution is -2.34. The molecule has 0 radical (unpaired) electrons. The Kier molecular flexibility index (Phi) is 5.24. The lowest BCUT2D eigenvalue weighted by atomic mass is 10.00. The Morgan fingerprint density at radius 1 is 1.18 bits per heavy atom. The molecule has 0 spiro atoms. The van der Waals surface area contributed by atoms with Crippen molar-refractivity contribution < 1.29 is 4.74 Å². The first-order valence-corrected chi connectivity index (χ1v) is 9.91. The number of H-pyrrole nitrogens is 1. The fraction of sp³-hybridized carbons (Fsp3) is 0.348. The smallest absolute Gasteiger partial charge is 0.253 e. The number of hydrogen-bond donors (Lipinski definition) is 2. The second-order valence-electron chi connectivity index (χ2n) is 7.67. The highest BCUT2D eigenvalue weighted by Gasteiger charge is 2.16. The Balaban J connectivity index is 1.45. The molecule has 5 nitrogen and oxygen atoms in total. The predicted molar refractivity (Wildman–Crippen MR) is 116 cm³/mol. The molecule has 0 bridgehead atoms. The van der Waals surface area contributed by atoms with Crippen molar-refractivity contribution in [3.05, 3.63) is 64.4 Å². The number of benzene rings is 2. The Labute approximate surface area is 165 Å². The molecule has 0 unspecified atom stereocenters. The quantitative estimate of drug-likeness (QED) is 0.693. The van der Waals surface area contributed by atoms with E-state index in [9.17, 15) is 4.79 Å². The molecule has 2 heterocycles. The standard InChI is InChI=1S/C23H27N3O2/c1-16-4-3-11-26(15-16)20-8-6-19(7-9-20)24-14-18-12-17-5-10-21(28-2)13-22(17)25-23(18)27/h5-10,12-13,16,24H,3-4,11,14-15H2,1-2H3,(H,25,27)/t16-/m0/s1. The number of aromatic amines is 1. The molecule has 1 aliphatic rings. The van der Waals surface area contributed by atoms with Crippen LogP contribution in [0.1, 0.15) is 25.3 Å². The zero-order chi connectivity index (χ0) is 19.5. The summed E-state index contributed by atoms with van der Waals surface area (Å²) in [4.78, 5) is 17.8. The van der Waals surface area contributed by atoms with Crippen LogP contribution in [0.15, 0.2) is 53.3 Å². The van der Waals surface area contributed by atoms with Gasteiger partial charge in [-0.2, -0.15) is 0 Å². The molecule has 28 heavy (non-hydrogen) atoms. The molecular formula is C23H27N3O2. The first-order valence-electron chi connectivity index (χ1n) is 9.91. The average Bonchev–Trinajstić information content (AvgIpc) is 2.72. The second-order valence-corrected chi connectivity index (χ2v) is 7.67.